The lowest BCUT2D eigenvalue weighted by Gasteiger charge is -2.25. The Labute approximate surface area is 192 Å². The Morgan fingerprint density at radius 1 is 1.03 bits per heavy atom. The zero-order valence-corrected chi connectivity index (χ0v) is 18.9. The van der Waals surface area contributed by atoms with Crippen LogP contribution >= 0.6 is 27.5 Å². The van der Waals surface area contributed by atoms with E-state index >= 15 is 0 Å². The van der Waals surface area contributed by atoms with Crippen LogP contribution in [0.5, 0.6) is 0 Å². The van der Waals surface area contributed by atoms with Crippen LogP contribution in [0.15, 0.2) is 80.4 Å². The molecule has 1 atom stereocenters. The summed E-state index contributed by atoms with van der Waals surface area (Å²) in [6.45, 7) is 2.08. The summed E-state index contributed by atoms with van der Waals surface area (Å²) in [5.74, 6) is -0.262. The SMILES string of the molecule is CCc1ccc(N2C(=O)c3oc4ccc(Cl)cc4c(=O)c3C2c2cccc(Br)c2)cc1. The predicted octanol–water partition coefficient (Wildman–Crippen LogP) is 6.52. The topological polar surface area (TPSA) is 50.5 Å². The molecule has 31 heavy (non-hydrogen) atoms. The fourth-order valence-corrected chi connectivity index (χ4v) is 4.68. The second-order valence-electron chi connectivity index (χ2n) is 7.47. The van der Waals surface area contributed by atoms with Crippen LogP contribution in [0.1, 0.15) is 40.2 Å². The molecule has 1 aliphatic heterocycles. The molecule has 1 amide bonds. The molecule has 0 spiro atoms. The van der Waals surface area contributed by atoms with E-state index in [0.717, 1.165) is 16.5 Å². The summed E-state index contributed by atoms with van der Waals surface area (Å²) in [6, 6.07) is 19.7. The van der Waals surface area contributed by atoms with Gasteiger partial charge in [0, 0.05) is 15.2 Å². The van der Waals surface area contributed by atoms with Crippen LogP contribution in [0.2, 0.25) is 5.02 Å². The minimum absolute atomic E-state index is 0.0735. The fourth-order valence-electron chi connectivity index (χ4n) is 4.10. The van der Waals surface area contributed by atoms with Gasteiger partial charge in [0.05, 0.1) is 17.0 Å². The zero-order chi connectivity index (χ0) is 21.7. The largest absolute Gasteiger partial charge is 0.450 e. The third-order valence-electron chi connectivity index (χ3n) is 5.62. The first-order valence-corrected chi connectivity index (χ1v) is 11.1. The average molecular weight is 495 g/mol. The first-order valence-electron chi connectivity index (χ1n) is 9.92. The van der Waals surface area contributed by atoms with Gasteiger partial charge in [0.25, 0.3) is 5.91 Å². The molecule has 154 valence electrons. The van der Waals surface area contributed by atoms with Crippen LogP contribution in [0.4, 0.5) is 5.69 Å². The Morgan fingerprint density at radius 3 is 2.52 bits per heavy atom. The van der Waals surface area contributed by atoms with Crippen molar-refractivity contribution in [3.63, 3.8) is 0 Å². The van der Waals surface area contributed by atoms with E-state index in [1.54, 1.807) is 23.1 Å². The Morgan fingerprint density at radius 2 is 1.81 bits per heavy atom. The molecule has 2 heterocycles. The summed E-state index contributed by atoms with van der Waals surface area (Å²) >= 11 is 9.64. The molecule has 0 radical (unpaired) electrons. The van der Waals surface area contributed by atoms with Crippen molar-refractivity contribution in [2.45, 2.75) is 19.4 Å². The predicted molar refractivity (Wildman–Crippen MR) is 126 cm³/mol. The van der Waals surface area contributed by atoms with Gasteiger partial charge in [-0.3, -0.25) is 14.5 Å². The average Bonchev–Trinajstić information content (AvgIpc) is 3.07. The number of hydrogen-bond acceptors (Lipinski definition) is 3. The Balaban J connectivity index is 1.80. The van der Waals surface area contributed by atoms with Gasteiger partial charge in [-0.1, -0.05) is 58.7 Å². The lowest BCUT2D eigenvalue weighted by atomic mass is 9.98. The molecule has 0 saturated carbocycles. The Hall–Kier alpha value is -2.89. The molecule has 0 aliphatic carbocycles. The summed E-state index contributed by atoms with van der Waals surface area (Å²) in [6.07, 6.45) is 0.899. The number of anilines is 1. The first-order chi connectivity index (χ1) is 15.0. The van der Waals surface area contributed by atoms with Crippen LogP contribution in [-0.2, 0) is 6.42 Å². The molecule has 6 heteroatoms. The number of carbonyl (C=O) groups is 1. The van der Waals surface area contributed by atoms with E-state index in [1.807, 2.05) is 48.5 Å². The van der Waals surface area contributed by atoms with Gasteiger partial charge in [-0.15, -0.1) is 0 Å². The molecule has 5 rings (SSSR count). The Bertz CT molecular complexity index is 1390. The van der Waals surface area contributed by atoms with Crippen LogP contribution in [-0.4, -0.2) is 5.91 Å². The van der Waals surface area contributed by atoms with Crippen LogP contribution in [0.3, 0.4) is 0 Å². The highest BCUT2D eigenvalue weighted by Crippen LogP contribution is 2.41. The highest BCUT2D eigenvalue weighted by molar-refractivity contribution is 9.10. The third-order valence-corrected chi connectivity index (χ3v) is 6.35. The van der Waals surface area contributed by atoms with E-state index in [2.05, 4.69) is 22.9 Å². The highest BCUT2D eigenvalue weighted by Gasteiger charge is 2.43. The van der Waals surface area contributed by atoms with Gasteiger partial charge < -0.3 is 4.42 Å². The number of fused-ring (bicyclic) bond motifs is 2. The van der Waals surface area contributed by atoms with E-state index in [1.165, 1.54) is 5.56 Å². The van der Waals surface area contributed by atoms with E-state index < -0.39 is 6.04 Å². The van der Waals surface area contributed by atoms with Crippen LogP contribution < -0.4 is 10.3 Å². The molecule has 4 aromatic rings. The van der Waals surface area contributed by atoms with Crippen molar-refractivity contribution in [1.82, 2.24) is 0 Å². The summed E-state index contributed by atoms with van der Waals surface area (Å²) in [5, 5.41) is 0.803. The molecular weight excluding hydrogens is 478 g/mol. The molecule has 1 aliphatic rings. The van der Waals surface area contributed by atoms with Gasteiger partial charge in [-0.2, -0.15) is 0 Å². The van der Waals surface area contributed by atoms with Crippen molar-refractivity contribution >= 4 is 50.1 Å². The lowest BCUT2D eigenvalue weighted by molar-refractivity contribution is 0.0971. The van der Waals surface area contributed by atoms with Crippen molar-refractivity contribution in [3.8, 4) is 0 Å². The Kier molecular flexibility index (Phi) is 4.95. The standard InChI is InChI=1S/C25H17BrClNO3/c1-2-14-6-9-18(10-7-14)28-22(15-4-3-5-16(26)12-15)21-23(29)19-13-17(27)8-11-20(19)31-24(21)25(28)30/h3-13,22H,2H2,1H3. The van der Waals surface area contributed by atoms with E-state index in [-0.39, 0.29) is 17.1 Å². The van der Waals surface area contributed by atoms with Crippen molar-refractivity contribution in [2.24, 2.45) is 0 Å². The smallest absolute Gasteiger partial charge is 0.295 e. The summed E-state index contributed by atoms with van der Waals surface area (Å²) < 4.78 is 6.83. The normalized spacial score (nSPS) is 15.5. The van der Waals surface area contributed by atoms with E-state index in [9.17, 15) is 9.59 Å². The van der Waals surface area contributed by atoms with Crippen molar-refractivity contribution in [3.05, 3.63) is 109 Å². The molecule has 0 bridgehead atoms. The lowest BCUT2D eigenvalue weighted by Crippen LogP contribution is -2.29. The first kappa shape index (κ1) is 20.0. The molecule has 3 aromatic carbocycles. The minimum Gasteiger partial charge on any atom is -0.450 e. The maximum absolute atomic E-state index is 13.6. The maximum Gasteiger partial charge on any atom is 0.295 e. The summed E-state index contributed by atoms with van der Waals surface area (Å²) in [4.78, 5) is 28.7. The number of amides is 1. The number of rotatable bonds is 3. The fraction of sp³-hybridized carbons (Fsp3) is 0.120. The highest BCUT2D eigenvalue weighted by atomic mass is 79.9. The van der Waals surface area contributed by atoms with E-state index in [0.29, 0.717) is 27.2 Å². The minimum atomic E-state index is -0.605. The molecular formula is C25H17BrClNO3. The number of hydrogen-bond donors (Lipinski definition) is 0. The van der Waals surface area contributed by atoms with Gasteiger partial charge in [-0.05, 0) is 60.0 Å². The van der Waals surface area contributed by atoms with Gasteiger partial charge in [0.2, 0.25) is 5.76 Å². The zero-order valence-electron chi connectivity index (χ0n) is 16.6. The number of halogens is 2. The van der Waals surface area contributed by atoms with Crippen molar-refractivity contribution in [1.29, 1.82) is 0 Å². The molecule has 0 saturated heterocycles. The summed E-state index contributed by atoms with van der Waals surface area (Å²) in [5.41, 5.74) is 3.12. The van der Waals surface area contributed by atoms with Crippen LogP contribution in [0, 0.1) is 0 Å². The molecule has 4 nitrogen and oxygen atoms in total. The number of aryl methyl sites for hydroxylation is 1. The van der Waals surface area contributed by atoms with Gasteiger partial charge in [0.15, 0.2) is 5.43 Å². The second-order valence-corrected chi connectivity index (χ2v) is 8.82. The molecule has 0 fully saturated rings. The molecule has 0 N–H and O–H groups in total. The van der Waals surface area contributed by atoms with Gasteiger partial charge in [0.1, 0.15) is 5.58 Å². The molecule has 1 aromatic heterocycles. The van der Waals surface area contributed by atoms with E-state index in [4.69, 9.17) is 16.0 Å². The second kappa shape index (κ2) is 7.66. The van der Waals surface area contributed by atoms with Gasteiger partial charge >= 0.3 is 0 Å². The summed E-state index contributed by atoms with van der Waals surface area (Å²) in [7, 11) is 0. The monoisotopic (exact) mass is 493 g/mol. The number of nitrogens with zero attached hydrogens (tertiary/aromatic N) is 1. The third kappa shape index (κ3) is 3.29. The van der Waals surface area contributed by atoms with Gasteiger partial charge in [-0.25, -0.2) is 0 Å². The van der Waals surface area contributed by atoms with Crippen molar-refractivity contribution < 1.29 is 9.21 Å². The van der Waals surface area contributed by atoms with Crippen LogP contribution in [0.25, 0.3) is 11.0 Å². The number of carbonyl (C=O) groups excluding carboxylic acids is 1. The molecule has 1 unspecified atom stereocenters. The number of benzene rings is 3. The maximum atomic E-state index is 13.6. The quantitative estimate of drug-likeness (QED) is 0.326. The van der Waals surface area contributed by atoms with Crippen molar-refractivity contribution in [2.75, 3.05) is 4.90 Å².